The predicted molar refractivity (Wildman–Crippen MR) is 91.8 cm³/mol. The van der Waals surface area contributed by atoms with Crippen LogP contribution in [-0.4, -0.2) is 24.7 Å². The van der Waals surface area contributed by atoms with Crippen molar-refractivity contribution in [1.82, 2.24) is 5.32 Å². The zero-order valence-corrected chi connectivity index (χ0v) is 14.9. The predicted octanol–water partition coefficient (Wildman–Crippen LogP) is 3.49. The summed E-state index contributed by atoms with van der Waals surface area (Å²) >= 11 is 0. The topological polar surface area (TPSA) is 64.4 Å². The quantitative estimate of drug-likeness (QED) is 0.821. The van der Waals surface area contributed by atoms with Crippen molar-refractivity contribution in [1.29, 1.82) is 0 Å². The molecule has 1 fully saturated rings. The van der Waals surface area contributed by atoms with Gasteiger partial charge < -0.3 is 15.8 Å². The minimum absolute atomic E-state index is 0. The third kappa shape index (κ3) is 7.12. The molecule has 8 heteroatoms. The number of benzene rings is 1. The Bertz CT molecular complexity index is 582. The van der Waals surface area contributed by atoms with Crippen molar-refractivity contribution in [3.8, 4) is 5.75 Å². The lowest BCUT2D eigenvalue weighted by molar-refractivity contribution is -0.153. The second kappa shape index (κ2) is 9.29. The number of nitrogens with one attached hydrogen (secondary N) is 1. The lowest BCUT2D eigenvalue weighted by Gasteiger charge is -2.25. The van der Waals surface area contributed by atoms with E-state index in [0.29, 0.717) is 12.0 Å². The maximum atomic E-state index is 12.4. The molecule has 1 amide bonds. The van der Waals surface area contributed by atoms with Gasteiger partial charge in [0.25, 0.3) is 0 Å². The number of alkyl halides is 3. The Morgan fingerprint density at radius 1 is 1.36 bits per heavy atom. The van der Waals surface area contributed by atoms with Crippen LogP contribution in [0.25, 0.3) is 0 Å². The molecule has 0 radical (unpaired) electrons. The number of aryl methyl sites for hydroxylation is 1. The number of rotatable bonds is 5. The average molecular weight is 381 g/mol. The van der Waals surface area contributed by atoms with Gasteiger partial charge in [-0.05, 0) is 37.8 Å². The van der Waals surface area contributed by atoms with E-state index in [1.165, 1.54) is 0 Å². The SMILES string of the molecule is Cc1ccc(CNC(=O)C2CCCC(N)C2)c(OCC(F)(F)F)c1.Cl. The zero-order chi connectivity index (χ0) is 17.7. The number of hydrogen-bond acceptors (Lipinski definition) is 3. The van der Waals surface area contributed by atoms with Crippen molar-refractivity contribution < 1.29 is 22.7 Å². The Hall–Kier alpha value is -1.47. The molecule has 0 aliphatic heterocycles. The highest BCUT2D eigenvalue weighted by Crippen LogP contribution is 2.25. The summed E-state index contributed by atoms with van der Waals surface area (Å²) in [6.07, 6.45) is -1.11. The fourth-order valence-corrected chi connectivity index (χ4v) is 2.89. The number of hydrogen-bond donors (Lipinski definition) is 2. The van der Waals surface area contributed by atoms with Crippen LogP contribution in [0.2, 0.25) is 0 Å². The minimum atomic E-state index is -4.40. The first-order valence-electron chi connectivity index (χ1n) is 8.07. The molecule has 1 aliphatic rings. The van der Waals surface area contributed by atoms with E-state index in [9.17, 15) is 18.0 Å². The van der Waals surface area contributed by atoms with Gasteiger partial charge in [0, 0.05) is 24.1 Å². The van der Waals surface area contributed by atoms with E-state index in [-0.39, 0.29) is 42.6 Å². The van der Waals surface area contributed by atoms with Gasteiger partial charge in [-0.3, -0.25) is 4.79 Å². The summed E-state index contributed by atoms with van der Waals surface area (Å²) in [6.45, 7) is 0.555. The molecule has 0 heterocycles. The van der Waals surface area contributed by atoms with E-state index in [0.717, 1.165) is 24.8 Å². The maximum Gasteiger partial charge on any atom is 0.422 e. The van der Waals surface area contributed by atoms with Gasteiger partial charge in [-0.2, -0.15) is 13.2 Å². The first-order valence-corrected chi connectivity index (χ1v) is 8.07. The third-order valence-electron chi connectivity index (χ3n) is 4.15. The Morgan fingerprint density at radius 2 is 2.08 bits per heavy atom. The number of nitrogens with two attached hydrogens (primary N) is 1. The van der Waals surface area contributed by atoms with E-state index in [2.05, 4.69) is 5.32 Å². The monoisotopic (exact) mass is 380 g/mol. The Labute approximate surface area is 151 Å². The van der Waals surface area contributed by atoms with Crippen LogP contribution in [0.5, 0.6) is 5.75 Å². The number of amides is 1. The van der Waals surface area contributed by atoms with Gasteiger partial charge >= 0.3 is 6.18 Å². The summed E-state index contributed by atoms with van der Waals surface area (Å²) < 4.78 is 42.0. The first-order chi connectivity index (χ1) is 11.2. The fourth-order valence-electron chi connectivity index (χ4n) is 2.89. The molecule has 1 aliphatic carbocycles. The van der Waals surface area contributed by atoms with E-state index >= 15 is 0 Å². The largest absolute Gasteiger partial charge is 0.484 e. The Morgan fingerprint density at radius 3 is 2.72 bits per heavy atom. The van der Waals surface area contributed by atoms with Crippen LogP contribution >= 0.6 is 12.4 Å². The van der Waals surface area contributed by atoms with E-state index < -0.39 is 12.8 Å². The van der Waals surface area contributed by atoms with Crippen LogP contribution in [0, 0.1) is 12.8 Å². The molecule has 0 aromatic heterocycles. The smallest absolute Gasteiger partial charge is 0.422 e. The standard InChI is InChI=1S/C17H23F3N2O2.ClH/c1-11-5-6-13(15(7-11)24-10-17(18,19)20)9-22-16(23)12-3-2-4-14(21)8-12;/h5-7,12,14H,2-4,8-10,21H2,1H3,(H,22,23);1H. The van der Waals surface area contributed by atoms with Gasteiger partial charge in [0.1, 0.15) is 5.75 Å². The molecule has 4 nitrogen and oxygen atoms in total. The molecule has 3 N–H and O–H groups in total. The minimum Gasteiger partial charge on any atom is -0.484 e. The summed E-state index contributed by atoms with van der Waals surface area (Å²) in [6, 6.07) is 5.04. The third-order valence-corrected chi connectivity index (χ3v) is 4.15. The molecule has 2 unspecified atom stereocenters. The Balaban J connectivity index is 0.00000312. The molecule has 0 spiro atoms. The average Bonchev–Trinajstić information content (AvgIpc) is 2.51. The van der Waals surface area contributed by atoms with Crippen molar-refractivity contribution in [2.45, 2.75) is 51.4 Å². The normalized spacial score (nSPS) is 20.5. The molecule has 142 valence electrons. The molecule has 1 saturated carbocycles. The zero-order valence-electron chi connectivity index (χ0n) is 14.1. The molecule has 0 bridgehead atoms. The second-order valence-corrected chi connectivity index (χ2v) is 6.36. The lowest BCUT2D eigenvalue weighted by atomic mass is 9.85. The molecule has 0 saturated heterocycles. The summed E-state index contributed by atoms with van der Waals surface area (Å²) in [5.74, 6) is -0.0841. The van der Waals surface area contributed by atoms with Gasteiger partial charge in [-0.1, -0.05) is 18.6 Å². The van der Waals surface area contributed by atoms with Crippen molar-refractivity contribution in [3.05, 3.63) is 29.3 Å². The Kier molecular flexibility index (Phi) is 8.02. The van der Waals surface area contributed by atoms with Crippen LogP contribution in [0.1, 0.15) is 36.8 Å². The van der Waals surface area contributed by atoms with Gasteiger partial charge in [0.05, 0.1) is 0 Å². The van der Waals surface area contributed by atoms with Crippen molar-refractivity contribution in [3.63, 3.8) is 0 Å². The molecule has 1 aromatic carbocycles. The van der Waals surface area contributed by atoms with Crippen molar-refractivity contribution in [2.24, 2.45) is 11.7 Å². The molecule has 1 aromatic rings. The lowest BCUT2D eigenvalue weighted by Crippen LogP contribution is -2.37. The van der Waals surface area contributed by atoms with Crippen molar-refractivity contribution >= 4 is 18.3 Å². The number of halogens is 4. The van der Waals surface area contributed by atoms with Crippen molar-refractivity contribution in [2.75, 3.05) is 6.61 Å². The van der Waals surface area contributed by atoms with Gasteiger partial charge in [-0.25, -0.2) is 0 Å². The van der Waals surface area contributed by atoms with E-state index in [4.69, 9.17) is 10.5 Å². The summed E-state index contributed by atoms with van der Waals surface area (Å²) in [7, 11) is 0. The van der Waals surface area contributed by atoms with Crippen LogP contribution in [0.3, 0.4) is 0 Å². The highest BCUT2D eigenvalue weighted by atomic mass is 35.5. The van der Waals surface area contributed by atoms with Crippen LogP contribution in [0.15, 0.2) is 18.2 Å². The highest BCUT2D eigenvalue weighted by molar-refractivity contribution is 5.85. The maximum absolute atomic E-state index is 12.4. The summed E-state index contributed by atoms with van der Waals surface area (Å²) in [5, 5.41) is 2.79. The molecular formula is C17H24ClF3N2O2. The molecule has 25 heavy (non-hydrogen) atoms. The second-order valence-electron chi connectivity index (χ2n) is 6.36. The number of carbonyl (C=O) groups excluding carboxylic acids is 1. The van der Waals surface area contributed by atoms with Crippen LogP contribution < -0.4 is 15.8 Å². The van der Waals surface area contributed by atoms with Gasteiger partial charge in [0.2, 0.25) is 5.91 Å². The van der Waals surface area contributed by atoms with Gasteiger partial charge in [-0.15, -0.1) is 12.4 Å². The van der Waals surface area contributed by atoms with E-state index in [1.807, 2.05) is 0 Å². The summed E-state index contributed by atoms with van der Waals surface area (Å²) in [5.41, 5.74) is 7.20. The van der Waals surface area contributed by atoms with Crippen LogP contribution in [0.4, 0.5) is 13.2 Å². The fraction of sp³-hybridized carbons (Fsp3) is 0.588. The first kappa shape index (κ1) is 21.6. The highest BCUT2D eigenvalue weighted by Gasteiger charge is 2.29. The number of carbonyl (C=O) groups is 1. The van der Waals surface area contributed by atoms with Gasteiger partial charge in [0.15, 0.2) is 6.61 Å². The molecule has 2 rings (SSSR count). The number of ether oxygens (including phenoxy) is 1. The summed E-state index contributed by atoms with van der Waals surface area (Å²) in [4.78, 5) is 12.2. The molecular weight excluding hydrogens is 357 g/mol. The molecule has 2 atom stereocenters. The van der Waals surface area contributed by atoms with Crippen LogP contribution in [-0.2, 0) is 11.3 Å². The van der Waals surface area contributed by atoms with E-state index in [1.54, 1.807) is 25.1 Å².